The van der Waals surface area contributed by atoms with Crippen LogP contribution in [0.15, 0.2) is 47.5 Å². The molecule has 0 spiro atoms. The molecule has 0 aromatic carbocycles. The van der Waals surface area contributed by atoms with E-state index in [1.807, 2.05) is 6.07 Å². The summed E-state index contributed by atoms with van der Waals surface area (Å²) in [4.78, 5) is 55.0. The molecule has 0 bridgehead atoms. The fraction of sp³-hybridized carbons (Fsp3) is 0.393. The number of primary amides is 1. The lowest BCUT2D eigenvalue weighted by molar-refractivity contribution is -0.123. The van der Waals surface area contributed by atoms with Crippen molar-refractivity contribution in [3.8, 4) is 0 Å². The lowest BCUT2D eigenvalue weighted by atomic mass is 10.1. The Hall–Kier alpha value is -4.48. The molecule has 1 aliphatic rings. The van der Waals surface area contributed by atoms with Crippen LogP contribution in [-0.4, -0.2) is 58.5 Å². The van der Waals surface area contributed by atoms with E-state index >= 15 is 0 Å². The zero-order chi connectivity index (χ0) is 29.2. The van der Waals surface area contributed by atoms with E-state index in [9.17, 15) is 23.6 Å². The third-order valence-electron chi connectivity index (χ3n) is 6.26. The average molecular weight is 555 g/mol. The lowest BCUT2D eigenvalue weighted by Crippen LogP contribution is -2.25. The number of H-pyrrole nitrogens is 1. The van der Waals surface area contributed by atoms with Crippen molar-refractivity contribution < 1.29 is 23.5 Å². The van der Waals surface area contributed by atoms with Crippen molar-refractivity contribution in [2.24, 2.45) is 11.7 Å². The Morgan fingerprint density at radius 1 is 1.32 bits per heavy atom. The summed E-state index contributed by atoms with van der Waals surface area (Å²) in [6.45, 7) is 0.244. The minimum Gasteiger partial charge on any atom is -0.453 e. The largest absolute Gasteiger partial charge is 0.453 e. The number of aromatic amines is 1. The standard InChI is InChI=1S/C26H30FN5O3.C2H5NO2/c1-31(2)24(34)9-5-3-4-8-23(33)30-21-7-6-12-32(26(21)35)16-18-14-22-25(29-18)19(13-17-10-11-17)20(27)15-28-22;1-5-2(3)4/h5-7,9,12,14-15,17,29H,3-4,8,10-11,13,16H2,1-2H3,(H,30,33);1H3,(H2,3,4)/b9-5+;. The molecule has 3 aromatic rings. The first-order chi connectivity index (χ1) is 19.1. The second kappa shape index (κ2) is 14.1. The number of pyridine rings is 2. The van der Waals surface area contributed by atoms with Crippen molar-refractivity contribution in [1.29, 1.82) is 0 Å². The van der Waals surface area contributed by atoms with Crippen LogP contribution >= 0.6 is 0 Å². The molecule has 1 aliphatic carbocycles. The van der Waals surface area contributed by atoms with Crippen LogP contribution in [0.2, 0.25) is 0 Å². The summed E-state index contributed by atoms with van der Waals surface area (Å²) in [6.07, 6.45) is 9.70. The molecule has 0 atom stereocenters. The number of anilines is 1. The monoisotopic (exact) mass is 554 g/mol. The Labute approximate surface area is 231 Å². The minimum absolute atomic E-state index is 0.102. The summed E-state index contributed by atoms with van der Waals surface area (Å²) in [5.41, 5.74) is 7.05. The number of hydrogen-bond acceptors (Lipinski definition) is 6. The van der Waals surface area contributed by atoms with Gasteiger partial charge in [0.25, 0.3) is 5.56 Å². The number of halogens is 1. The van der Waals surface area contributed by atoms with Gasteiger partial charge in [-0.3, -0.25) is 19.4 Å². The molecular formula is C28H35FN6O5. The summed E-state index contributed by atoms with van der Waals surface area (Å²) >= 11 is 0. The van der Waals surface area contributed by atoms with Gasteiger partial charge < -0.3 is 30.2 Å². The van der Waals surface area contributed by atoms with Gasteiger partial charge in [-0.2, -0.15) is 0 Å². The van der Waals surface area contributed by atoms with E-state index in [2.05, 4.69) is 25.8 Å². The zero-order valence-electron chi connectivity index (χ0n) is 22.9. The number of carbonyl (C=O) groups is 3. The summed E-state index contributed by atoms with van der Waals surface area (Å²) in [6, 6.07) is 5.10. The molecule has 3 aromatic heterocycles. The Bertz CT molecular complexity index is 1440. The van der Waals surface area contributed by atoms with Crippen LogP contribution in [0, 0.1) is 11.7 Å². The van der Waals surface area contributed by atoms with Crippen LogP contribution in [-0.2, 0) is 27.3 Å². The first kappa shape index (κ1) is 30.1. The van der Waals surface area contributed by atoms with Crippen LogP contribution in [0.4, 0.5) is 14.9 Å². The van der Waals surface area contributed by atoms with Gasteiger partial charge in [-0.15, -0.1) is 0 Å². The molecule has 214 valence electrons. The van der Waals surface area contributed by atoms with Gasteiger partial charge in [-0.1, -0.05) is 6.08 Å². The van der Waals surface area contributed by atoms with E-state index in [-0.39, 0.29) is 41.8 Å². The quantitative estimate of drug-likeness (QED) is 0.258. The topological polar surface area (TPSA) is 152 Å². The van der Waals surface area contributed by atoms with Crippen molar-refractivity contribution in [3.63, 3.8) is 0 Å². The first-order valence-electron chi connectivity index (χ1n) is 12.9. The number of rotatable bonds is 10. The smallest absolute Gasteiger partial charge is 0.404 e. The van der Waals surface area contributed by atoms with E-state index < -0.39 is 6.09 Å². The van der Waals surface area contributed by atoms with Gasteiger partial charge in [-0.25, -0.2) is 9.18 Å². The van der Waals surface area contributed by atoms with Gasteiger partial charge >= 0.3 is 6.09 Å². The van der Waals surface area contributed by atoms with Crippen molar-refractivity contribution in [2.45, 2.75) is 45.1 Å². The van der Waals surface area contributed by atoms with Crippen LogP contribution in [0.3, 0.4) is 0 Å². The molecule has 3 heterocycles. The van der Waals surface area contributed by atoms with Gasteiger partial charge in [0.1, 0.15) is 11.5 Å². The van der Waals surface area contributed by atoms with Gasteiger partial charge in [0.15, 0.2) is 0 Å². The molecule has 40 heavy (non-hydrogen) atoms. The molecule has 3 amide bonds. The maximum Gasteiger partial charge on any atom is 0.404 e. The van der Waals surface area contributed by atoms with Crippen LogP contribution in [0.1, 0.15) is 43.4 Å². The number of likely N-dealkylation sites (N-methyl/N-ethyl adjacent to an activating group) is 1. The van der Waals surface area contributed by atoms with E-state index in [1.165, 1.54) is 28.8 Å². The normalized spacial score (nSPS) is 12.6. The number of hydrogen-bond donors (Lipinski definition) is 3. The molecule has 4 rings (SSSR count). The predicted octanol–water partition coefficient (Wildman–Crippen LogP) is 3.33. The zero-order valence-corrected chi connectivity index (χ0v) is 22.9. The van der Waals surface area contributed by atoms with Crippen molar-refractivity contribution >= 4 is 34.6 Å². The Balaban J connectivity index is 0.000000810. The molecule has 12 heteroatoms. The number of nitrogens with zero attached hydrogens (tertiary/aromatic N) is 3. The van der Waals surface area contributed by atoms with Crippen LogP contribution in [0.5, 0.6) is 0 Å². The fourth-order valence-electron chi connectivity index (χ4n) is 3.92. The number of nitrogens with one attached hydrogen (secondary N) is 2. The maximum absolute atomic E-state index is 14.4. The third-order valence-corrected chi connectivity index (χ3v) is 6.26. The number of nitrogens with two attached hydrogens (primary N) is 1. The highest BCUT2D eigenvalue weighted by Crippen LogP contribution is 2.35. The van der Waals surface area contributed by atoms with Crippen molar-refractivity contribution in [2.75, 3.05) is 26.5 Å². The molecule has 1 fully saturated rings. The predicted molar refractivity (Wildman–Crippen MR) is 149 cm³/mol. The summed E-state index contributed by atoms with van der Waals surface area (Å²) in [7, 11) is 4.57. The summed E-state index contributed by atoms with van der Waals surface area (Å²) < 4.78 is 19.8. The number of carbonyl (C=O) groups excluding carboxylic acids is 3. The van der Waals surface area contributed by atoms with E-state index in [0.717, 1.165) is 18.5 Å². The number of ether oxygens (including phenoxy) is 1. The molecule has 0 unspecified atom stereocenters. The van der Waals surface area contributed by atoms with E-state index in [1.54, 1.807) is 38.5 Å². The number of fused-ring (bicyclic) bond motifs is 1. The highest BCUT2D eigenvalue weighted by molar-refractivity contribution is 5.90. The average Bonchev–Trinajstić information content (AvgIpc) is 3.65. The third kappa shape index (κ3) is 8.79. The van der Waals surface area contributed by atoms with Crippen LogP contribution < -0.4 is 16.6 Å². The molecular weight excluding hydrogens is 519 g/mol. The number of aromatic nitrogens is 3. The molecule has 11 nitrogen and oxygen atoms in total. The molecule has 4 N–H and O–H groups in total. The molecule has 0 radical (unpaired) electrons. The summed E-state index contributed by atoms with van der Waals surface area (Å²) in [5, 5.41) is 2.68. The van der Waals surface area contributed by atoms with Gasteiger partial charge in [0.2, 0.25) is 11.8 Å². The highest BCUT2D eigenvalue weighted by atomic mass is 19.1. The first-order valence-corrected chi connectivity index (χ1v) is 12.9. The Kier molecular flexibility index (Phi) is 10.6. The maximum atomic E-state index is 14.4. The molecule has 0 saturated heterocycles. The van der Waals surface area contributed by atoms with Crippen molar-refractivity contribution in [1.82, 2.24) is 19.4 Å². The van der Waals surface area contributed by atoms with Gasteiger partial charge in [0, 0.05) is 38.0 Å². The number of amides is 3. The SMILES string of the molecule is CN(C)C(=O)/C=C/CCCC(=O)Nc1cccn(Cc2cc3ncc(F)c(CC4CC4)c3[nH]2)c1=O.COC(N)=O. The lowest BCUT2D eigenvalue weighted by Gasteiger charge is -2.09. The van der Waals surface area contributed by atoms with E-state index in [4.69, 9.17) is 0 Å². The minimum atomic E-state index is -0.745. The van der Waals surface area contributed by atoms with Gasteiger partial charge in [-0.05, 0) is 62.3 Å². The highest BCUT2D eigenvalue weighted by Gasteiger charge is 2.25. The Morgan fingerprint density at radius 2 is 2.05 bits per heavy atom. The van der Waals surface area contributed by atoms with E-state index in [0.29, 0.717) is 41.8 Å². The number of unbranched alkanes of at least 4 members (excludes halogenated alkanes) is 1. The Morgan fingerprint density at radius 3 is 2.70 bits per heavy atom. The second-order valence-electron chi connectivity index (χ2n) is 9.74. The fourth-order valence-corrected chi connectivity index (χ4v) is 3.92. The molecule has 1 saturated carbocycles. The number of allylic oxidation sites excluding steroid dienone is 1. The second-order valence-corrected chi connectivity index (χ2v) is 9.74. The van der Waals surface area contributed by atoms with Crippen LogP contribution in [0.25, 0.3) is 11.0 Å². The summed E-state index contributed by atoms with van der Waals surface area (Å²) in [5.74, 6) is -0.141. The van der Waals surface area contributed by atoms with Gasteiger partial charge in [0.05, 0.1) is 30.9 Å². The number of methoxy groups -OCH3 is 1. The molecule has 0 aliphatic heterocycles. The van der Waals surface area contributed by atoms with Crippen molar-refractivity contribution in [3.05, 3.63) is 70.2 Å².